The van der Waals surface area contributed by atoms with Gasteiger partial charge >= 0.3 is 11.9 Å². The molecule has 9 rings (SSSR count). The summed E-state index contributed by atoms with van der Waals surface area (Å²) >= 11 is 0. The number of ether oxygens (including phenoxy) is 7. The quantitative estimate of drug-likeness (QED) is 0.0211. The number of carboxylic acids is 1. The van der Waals surface area contributed by atoms with Gasteiger partial charge in [-0.1, -0.05) is 270 Å². The molecule has 0 aromatic heterocycles. The van der Waals surface area contributed by atoms with Gasteiger partial charge < -0.3 is 82.9 Å². The Labute approximate surface area is 851 Å². The van der Waals surface area contributed by atoms with E-state index in [1.807, 2.05) is 30.3 Å². The van der Waals surface area contributed by atoms with Crippen molar-refractivity contribution in [2.24, 2.45) is 50.2 Å². The van der Waals surface area contributed by atoms with Gasteiger partial charge in [-0.3, -0.25) is 4.79 Å². The second kappa shape index (κ2) is 50.7. The number of hydrogen-bond donors (Lipinski definition) is 1. The zero-order valence-electron chi connectivity index (χ0n) is 94.0. The molecular formula is C109H206O20Si9. The number of carboxylic acid groups (broad SMARTS) is 1. The van der Waals surface area contributed by atoms with E-state index in [9.17, 15) is 9.90 Å². The van der Waals surface area contributed by atoms with Crippen LogP contribution in [0.1, 0.15) is 298 Å². The fraction of sp³-hybridized carbons (Fsp3) is 0.899. The molecule has 1 N–H and O–H groups in total. The van der Waals surface area contributed by atoms with Gasteiger partial charge in [0.25, 0.3) is 0 Å². The predicted octanol–water partition coefficient (Wildman–Crippen LogP) is 28.9. The Hall–Kier alpha value is -1.08. The first-order valence-corrected chi connectivity index (χ1v) is 79.9. The van der Waals surface area contributed by atoms with Gasteiger partial charge in [-0.2, -0.15) is 0 Å². The molecular weight excluding hydrogens is 1880 g/mol. The summed E-state index contributed by atoms with van der Waals surface area (Å²) in [6, 6.07) is 33.4. The van der Waals surface area contributed by atoms with Gasteiger partial charge in [0.15, 0.2) is 99.8 Å². The van der Waals surface area contributed by atoms with E-state index in [4.69, 9.17) is 73.0 Å². The van der Waals surface area contributed by atoms with Crippen LogP contribution in [-0.4, -0.2) is 210 Å². The lowest BCUT2D eigenvalue weighted by Gasteiger charge is -2.72. The van der Waals surface area contributed by atoms with Crippen molar-refractivity contribution in [1.29, 1.82) is 0 Å². The number of rotatable bonds is 57. The van der Waals surface area contributed by atoms with Crippen molar-refractivity contribution >= 4 is 93.1 Å². The molecule has 17 unspecified atom stereocenters. The van der Waals surface area contributed by atoms with Crippen LogP contribution in [0.4, 0.5) is 0 Å². The average molecular weight is 2090 g/mol. The Bertz CT molecular complexity index is 3840. The van der Waals surface area contributed by atoms with Gasteiger partial charge in [0.2, 0.25) is 0 Å². The van der Waals surface area contributed by atoms with Crippen molar-refractivity contribution in [3.05, 3.63) is 47.5 Å². The van der Waals surface area contributed by atoms with Crippen molar-refractivity contribution in [3.8, 4) is 0 Å². The van der Waals surface area contributed by atoms with Crippen molar-refractivity contribution in [1.82, 2.24) is 0 Å². The van der Waals surface area contributed by atoms with Gasteiger partial charge in [0.1, 0.15) is 67.8 Å². The number of carbonyl (C=O) groups excluding carboxylic acids is 2. The smallest absolute Gasteiger partial charge is 0.338 e. The number of aliphatic carboxylic acids is 1. The molecule has 0 bridgehead atoms. The molecule has 20 nitrogen and oxygen atoms in total. The molecule has 1 aromatic carbocycles. The molecule has 5 aliphatic carbocycles. The minimum atomic E-state index is -3.00. The number of benzene rings is 1. The number of aldehydes is 1. The Morgan fingerprint density at radius 2 is 0.841 bits per heavy atom. The van der Waals surface area contributed by atoms with E-state index < -0.39 is 206 Å². The van der Waals surface area contributed by atoms with E-state index in [2.05, 4.69) is 235 Å². The van der Waals surface area contributed by atoms with Crippen molar-refractivity contribution in [2.75, 3.05) is 13.2 Å². The predicted molar refractivity (Wildman–Crippen MR) is 585 cm³/mol. The molecule has 0 amide bonds. The summed E-state index contributed by atoms with van der Waals surface area (Å²) in [7, 11) is -23.6. The van der Waals surface area contributed by atoms with Crippen LogP contribution in [0.15, 0.2) is 42.0 Å². The molecule has 3 heterocycles. The summed E-state index contributed by atoms with van der Waals surface area (Å²) < 4.78 is 130. The molecule has 138 heavy (non-hydrogen) atoms. The Balaban J connectivity index is 1.39. The first-order valence-electron chi connectivity index (χ1n) is 57.1. The number of allylic oxidation sites excluding steroid dienone is 2. The molecule has 1 spiro atoms. The molecule has 4 saturated carbocycles. The summed E-state index contributed by atoms with van der Waals surface area (Å²) in [5.74, 6) is -2.00. The lowest BCUT2D eigenvalue weighted by Crippen LogP contribution is -2.72. The first-order chi connectivity index (χ1) is 65.5. The normalized spacial score (nSPS) is 33.6. The second-order valence-corrected chi connectivity index (χ2v) is 88.7. The van der Waals surface area contributed by atoms with Crippen molar-refractivity contribution in [3.63, 3.8) is 0 Å². The molecule has 3 saturated heterocycles. The number of carbonyl (C=O) groups is 3. The third kappa shape index (κ3) is 24.4. The molecule has 798 valence electrons. The molecule has 24 atom stereocenters. The maximum absolute atomic E-state index is 16.9. The Morgan fingerprint density at radius 3 is 1.30 bits per heavy atom. The minimum absolute atomic E-state index is 0.0557. The van der Waals surface area contributed by atoms with Crippen molar-refractivity contribution in [2.45, 2.75) is 561 Å². The van der Waals surface area contributed by atoms with E-state index in [1.54, 1.807) is 0 Å². The highest BCUT2D eigenvalue weighted by molar-refractivity contribution is 6.77. The number of esters is 1. The van der Waals surface area contributed by atoms with Crippen LogP contribution in [-0.2, 0) is 94.0 Å². The third-order valence-corrected chi connectivity index (χ3v) is 82.7. The molecule has 0 radical (unpaired) electrons. The van der Waals surface area contributed by atoms with Gasteiger partial charge in [-0.25, -0.2) is 4.79 Å². The monoisotopic (exact) mass is 2090 g/mol. The largest absolute Gasteiger partial charge is 0.481 e. The SMILES string of the molecule is CC[Si](CC)(CC)OCC1O[C@@H](OC2C(O[C@@H]3OC[C@@H](O[Si](CC)(CC)CC)C(O[Si](CC)(CC)CC)C3O[Si](CC)(CC)CC)[C@H](O[Si](CC)(CC)CC)C(C(=O)OCc3ccccc3)O[C@H]2OC2CCC3(C)C(CCC4(C)C3CC=C3C5(C[C@@H](O[Si](CC)(CC)CC)CC34C)CC(C)(C)CCC5C(=O)O)C2(C)C=O)C(O[Si](CC)(CC)CC)C(O[Si](CC)(CC)CC)[C@H]1O[Si](CC)(CC)CC. The van der Waals surface area contributed by atoms with Crippen LogP contribution >= 0.6 is 0 Å². The van der Waals surface area contributed by atoms with Crippen LogP contribution < -0.4 is 0 Å². The summed E-state index contributed by atoms with van der Waals surface area (Å²) in [4.78, 5) is 47.2. The standard InChI is InChI=1S/C109H206O20Si9/c1-34-130(35-2,36-3)116-78-84-90(124-133(43-10,44-11)45-12)93(126-135(49-16,50-17)51-18)98(129-138(58-25,59-26)60-27)103(117-84)121-96-92(119-101-97(128-137(55-22,56-23)57-24)91(125-134(46-13,47-14)48-15)85(77-115-101)123-132(40-7,41-8)42-9)94(127-136(52-19,53-20)54-21)95(100(113)114-76-81-64-62-61-63-65-81)120-102(96)118-89-70-72-105(30)86(106(89,31)80-110)69-73-107(32)87(105)66-67-88-108(107,33)74-82(122-131(37-4,38-5)39-6)75-109(88)79-104(28,29)71-68-83(109)99(111)112/h61-65,67,80,82-87,89-98,101-103H,34-60,66,68-79H2,1-33H3,(H,111,112)/t82-,83?,84?,85+,86?,87?,89?,90-,91?,92?,93?,94-,95?,96?,97?,98?,101-,102+,103-,105?,106?,107?,108?,109?/m0/s1. The molecule has 7 fully saturated rings. The lowest BCUT2D eigenvalue weighted by atomic mass is 9.33. The molecule has 3 aliphatic heterocycles. The Kier molecular flexibility index (Phi) is 44.2. The molecule has 1 aromatic rings. The van der Waals surface area contributed by atoms with E-state index in [0.29, 0.717) is 43.8 Å². The molecule has 29 heteroatoms. The summed E-state index contributed by atoms with van der Waals surface area (Å²) in [6.07, 6.45) is -4.28. The maximum Gasteiger partial charge on any atom is 0.338 e. The summed E-state index contributed by atoms with van der Waals surface area (Å²) in [6.45, 7) is 76.8. The maximum atomic E-state index is 16.9. The summed E-state index contributed by atoms with van der Waals surface area (Å²) in [5.41, 5.74) is -0.908. The van der Waals surface area contributed by atoms with Crippen LogP contribution in [0.3, 0.4) is 0 Å². The topological polar surface area (TPSA) is 219 Å². The highest BCUT2D eigenvalue weighted by Crippen LogP contribution is 2.77. The second-order valence-electron chi connectivity index (χ2n) is 46.1. The lowest BCUT2D eigenvalue weighted by molar-refractivity contribution is -0.387. The van der Waals surface area contributed by atoms with Crippen molar-refractivity contribution < 1.29 is 92.5 Å². The van der Waals surface area contributed by atoms with Crippen LogP contribution in [0.25, 0.3) is 0 Å². The third-order valence-electron chi connectivity index (χ3n) is 40.9. The van der Waals surface area contributed by atoms with Gasteiger partial charge in [-0.05, 0) is 266 Å². The van der Waals surface area contributed by atoms with Gasteiger partial charge in [0, 0.05) is 11.5 Å². The zero-order valence-corrected chi connectivity index (χ0v) is 103. The highest BCUT2D eigenvalue weighted by atomic mass is 28.4. The highest BCUT2D eigenvalue weighted by Gasteiger charge is 2.73. The van der Waals surface area contributed by atoms with Gasteiger partial charge in [0.05, 0.1) is 36.8 Å². The number of hydrogen-bond acceptors (Lipinski definition) is 19. The number of fused-ring (bicyclic) bond motifs is 6. The fourth-order valence-electron chi connectivity index (χ4n) is 28.8. The fourth-order valence-corrected chi connectivity index (χ4v) is 54.3. The zero-order chi connectivity index (χ0) is 102. The minimum Gasteiger partial charge on any atom is -0.481 e. The Morgan fingerprint density at radius 1 is 0.420 bits per heavy atom. The van der Waals surface area contributed by atoms with E-state index in [0.717, 1.165) is 189 Å². The van der Waals surface area contributed by atoms with E-state index >= 15 is 9.59 Å². The van der Waals surface area contributed by atoms with Gasteiger partial charge in [-0.15, -0.1) is 0 Å². The first kappa shape index (κ1) is 120. The van der Waals surface area contributed by atoms with Crippen LogP contribution in [0.2, 0.25) is 163 Å². The van der Waals surface area contributed by atoms with E-state index in [1.165, 1.54) is 11.9 Å². The van der Waals surface area contributed by atoms with Crippen LogP contribution in [0, 0.1) is 50.2 Å². The average Bonchev–Trinajstić information content (AvgIpc) is 0.667. The van der Waals surface area contributed by atoms with Crippen LogP contribution in [0.5, 0.6) is 0 Å². The van der Waals surface area contributed by atoms with E-state index in [-0.39, 0.29) is 48.6 Å². The summed E-state index contributed by atoms with van der Waals surface area (Å²) in [5, 5.41) is 11.8. The molecule has 8 aliphatic rings.